The number of nitrogens with zero attached hydrogens (tertiary/aromatic N) is 8. The Labute approximate surface area is 183 Å². The van der Waals surface area contributed by atoms with Crippen molar-refractivity contribution in [3.63, 3.8) is 0 Å². The summed E-state index contributed by atoms with van der Waals surface area (Å²) in [7, 11) is 3.25. The number of hydrogen-bond donors (Lipinski definition) is 0. The van der Waals surface area contributed by atoms with Crippen molar-refractivity contribution in [2.45, 2.75) is 0 Å². The second kappa shape index (κ2) is 8.26. The van der Waals surface area contributed by atoms with E-state index in [1.165, 1.54) is 9.59 Å². The molecule has 0 spiro atoms. The third kappa shape index (κ3) is 3.76. The fourth-order valence-electron chi connectivity index (χ4n) is 3.11. The van der Waals surface area contributed by atoms with Gasteiger partial charge in [0.25, 0.3) is 0 Å². The van der Waals surface area contributed by atoms with Gasteiger partial charge in [-0.2, -0.15) is 0 Å². The third-order valence-corrected chi connectivity index (χ3v) is 4.81. The molecule has 0 saturated heterocycles. The van der Waals surface area contributed by atoms with E-state index in [4.69, 9.17) is 9.47 Å². The van der Waals surface area contributed by atoms with Crippen molar-refractivity contribution >= 4 is 0 Å². The Bertz CT molecular complexity index is 1240. The number of tetrazole rings is 2. The van der Waals surface area contributed by atoms with E-state index in [-0.39, 0.29) is 0 Å². The maximum Gasteiger partial charge on any atom is 0.205 e. The van der Waals surface area contributed by atoms with Crippen molar-refractivity contribution in [1.29, 1.82) is 0 Å². The average Bonchev–Trinajstić information content (AvgIpc) is 3.55. The van der Waals surface area contributed by atoms with E-state index < -0.39 is 0 Å². The molecule has 0 saturated carbocycles. The number of benzene rings is 3. The molecular weight excluding hydrogens is 408 g/mol. The van der Waals surface area contributed by atoms with Crippen LogP contribution in [-0.2, 0) is 0 Å². The molecule has 0 bridgehead atoms. The molecule has 5 aromatic rings. The van der Waals surface area contributed by atoms with Gasteiger partial charge in [0, 0.05) is 11.1 Å². The van der Waals surface area contributed by atoms with Gasteiger partial charge in [-0.1, -0.05) is 18.2 Å². The smallest absolute Gasteiger partial charge is 0.205 e. The maximum absolute atomic E-state index is 5.19. The Balaban J connectivity index is 1.40. The number of ether oxygens (including phenoxy) is 2. The van der Waals surface area contributed by atoms with E-state index in [9.17, 15) is 0 Å². The van der Waals surface area contributed by atoms with Crippen molar-refractivity contribution < 1.29 is 9.47 Å². The van der Waals surface area contributed by atoms with E-state index in [0.717, 1.165) is 34.0 Å². The van der Waals surface area contributed by atoms with Crippen molar-refractivity contribution in [2.24, 2.45) is 0 Å². The number of aromatic nitrogens is 8. The minimum Gasteiger partial charge on any atom is -0.497 e. The Morgan fingerprint density at radius 3 is 1.44 bits per heavy atom. The van der Waals surface area contributed by atoms with E-state index >= 15 is 0 Å². The predicted molar refractivity (Wildman–Crippen MR) is 116 cm³/mol. The van der Waals surface area contributed by atoms with Crippen LogP contribution < -0.4 is 9.47 Å². The zero-order chi connectivity index (χ0) is 21.9. The molecule has 0 aliphatic carbocycles. The van der Waals surface area contributed by atoms with Crippen LogP contribution in [-0.4, -0.2) is 54.6 Å². The average molecular weight is 426 g/mol. The van der Waals surface area contributed by atoms with Gasteiger partial charge in [-0.25, -0.2) is 0 Å². The molecule has 0 unspecified atom stereocenters. The molecule has 0 radical (unpaired) electrons. The minimum atomic E-state index is 0.491. The second-order valence-corrected chi connectivity index (χ2v) is 6.78. The van der Waals surface area contributed by atoms with Crippen LogP contribution in [0.25, 0.3) is 34.2 Å². The molecule has 3 aromatic carbocycles. The lowest BCUT2D eigenvalue weighted by atomic mass is 10.1. The van der Waals surface area contributed by atoms with Crippen LogP contribution in [0.5, 0.6) is 11.5 Å². The summed E-state index contributed by atoms with van der Waals surface area (Å²) in [6.45, 7) is 0. The summed E-state index contributed by atoms with van der Waals surface area (Å²) in [5.74, 6) is 2.50. The molecule has 0 aliphatic heterocycles. The first-order chi connectivity index (χ1) is 15.7. The summed E-state index contributed by atoms with van der Waals surface area (Å²) < 4.78 is 10.4. The first kappa shape index (κ1) is 19.4. The molecule has 0 atom stereocenters. The highest BCUT2D eigenvalue weighted by molar-refractivity contribution is 5.65. The van der Waals surface area contributed by atoms with Gasteiger partial charge in [0.05, 0.1) is 25.6 Å². The van der Waals surface area contributed by atoms with Crippen LogP contribution >= 0.6 is 0 Å². The highest BCUT2D eigenvalue weighted by Crippen LogP contribution is 2.23. The molecule has 10 nitrogen and oxygen atoms in total. The summed E-state index contributed by atoms with van der Waals surface area (Å²) in [6, 6.07) is 22.5. The van der Waals surface area contributed by atoms with E-state index in [0.29, 0.717) is 11.6 Å². The van der Waals surface area contributed by atoms with Crippen LogP contribution in [0.15, 0.2) is 72.8 Å². The summed E-state index contributed by atoms with van der Waals surface area (Å²) in [5, 5.41) is 25.7. The Hall–Kier alpha value is -4.60. The van der Waals surface area contributed by atoms with Crippen LogP contribution in [0.3, 0.4) is 0 Å². The van der Waals surface area contributed by atoms with Crippen LogP contribution in [0.4, 0.5) is 0 Å². The molecule has 2 heterocycles. The van der Waals surface area contributed by atoms with Gasteiger partial charge < -0.3 is 9.47 Å². The molecular formula is C22H18N8O2. The van der Waals surface area contributed by atoms with Gasteiger partial charge in [-0.05, 0) is 65.0 Å². The molecule has 0 N–H and O–H groups in total. The molecule has 5 rings (SSSR count). The fourth-order valence-corrected chi connectivity index (χ4v) is 3.11. The first-order valence-corrected chi connectivity index (χ1v) is 9.73. The van der Waals surface area contributed by atoms with Gasteiger partial charge in [0.15, 0.2) is 0 Å². The summed E-state index contributed by atoms with van der Waals surface area (Å²) >= 11 is 0. The van der Waals surface area contributed by atoms with Crippen molar-refractivity contribution in [2.75, 3.05) is 14.2 Å². The quantitative estimate of drug-likeness (QED) is 0.408. The number of rotatable bonds is 6. The molecule has 158 valence electrons. The maximum atomic E-state index is 5.19. The normalized spacial score (nSPS) is 10.8. The zero-order valence-electron chi connectivity index (χ0n) is 17.3. The highest BCUT2D eigenvalue weighted by Gasteiger charge is 2.12. The van der Waals surface area contributed by atoms with Gasteiger partial charge in [-0.15, -0.1) is 30.0 Å². The molecule has 0 aliphatic rings. The lowest BCUT2D eigenvalue weighted by molar-refractivity contribution is 0.414. The summed E-state index contributed by atoms with van der Waals surface area (Å²) in [4.78, 5) is 2.94. The molecule has 0 fully saturated rings. The van der Waals surface area contributed by atoms with Gasteiger partial charge in [0.1, 0.15) is 11.5 Å². The van der Waals surface area contributed by atoms with Gasteiger partial charge in [-0.3, -0.25) is 0 Å². The Morgan fingerprint density at radius 1 is 0.594 bits per heavy atom. The molecule has 0 amide bonds. The zero-order valence-corrected chi connectivity index (χ0v) is 17.3. The van der Waals surface area contributed by atoms with Crippen LogP contribution in [0.2, 0.25) is 0 Å². The SMILES string of the molecule is COc1ccc(-n2nnc(-c3cccc(-c4nnn(-c5ccc(OC)cc5)n4)c3)n2)cc1. The summed E-state index contributed by atoms with van der Waals surface area (Å²) in [5.41, 5.74) is 3.15. The standard InChI is InChI=1S/C22H18N8O2/c1-31-19-10-6-17(7-11-19)29-25-21(23-27-29)15-4-3-5-16(14-15)22-24-28-30(26-22)18-8-12-20(32-2)13-9-18/h3-14H,1-2H3. The topological polar surface area (TPSA) is 106 Å². The van der Waals surface area contributed by atoms with Gasteiger partial charge >= 0.3 is 0 Å². The highest BCUT2D eigenvalue weighted by atomic mass is 16.5. The predicted octanol–water partition coefficient (Wildman–Crippen LogP) is 2.99. The Kier molecular flexibility index (Phi) is 5.00. The number of hydrogen-bond acceptors (Lipinski definition) is 8. The second-order valence-electron chi connectivity index (χ2n) is 6.78. The summed E-state index contributed by atoms with van der Waals surface area (Å²) in [6.07, 6.45) is 0. The van der Waals surface area contributed by atoms with Gasteiger partial charge in [0.2, 0.25) is 11.6 Å². The van der Waals surface area contributed by atoms with E-state index in [1.807, 2.05) is 72.8 Å². The lowest BCUT2D eigenvalue weighted by Crippen LogP contribution is -1.99. The van der Waals surface area contributed by atoms with E-state index in [1.54, 1.807) is 14.2 Å². The minimum absolute atomic E-state index is 0.491. The monoisotopic (exact) mass is 426 g/mol. The largest absolute Gasteiger partial charge is 0.497 e. The van der Waals surface area contributed by atoms with Crippen molar-refractivity contribution in [3.8, 4) is 45.6 Å². The van der Waals surface area contributed by atoms with Crippen molar-refractivity contribution in [1.82, 2.24) is 40.4 Å². The van der Waals surface area contributed by atoms with Crippen LogP contribution in [0, 0.1) is 0 Å². The lowest BCUT2D eigenvalue weighted by Gasteiger charge is -2.01. The molecule has 10 heteroatoms. The van der Waals surface area contributed by atoms with Crippen molar-refractivity contribution in [3.05, 3.63) is 72.8 Å². The molecule has 32 heavy (non-hydrogen) atoms. The number of methoxy groups -OCH3 is 2. The first-order valence-electron chi connectivity index (χ1n) is 9.73. The van der Waals surface area contributed by atoms with E-state index in [2.05, 4.69) is 30.8 Å². The Morgan fingerprint density at radius 2 is 1.03 bits per heavy atom. The van der Waals surface area contributed by atoms with Crippen LogP contribution in [0.1, 0.15) is 0 Å². The third-order valence-electron chi connectivity index (χ3n) is 4.81. The molecule has 2 aromatic heterocycles. The fraction of sp³-hybridized carbons (Fsp3) is 0.0909.